The Kier molecular flexibility index (Phi) is 8.89. The Balaban J connectivity index is 1.82. The second-order valence-corrected chi connectivity index (χ2v) is 12.3. The van der Waals surface area contributed by atoms with Gasteiger partial charge >= 0.3 is 5.97 Å². The highest BCUT2D eigenvalue weighted by Gasteiger charge is 2.41. The lowest BCUT2D eigenvalue weighted by atomic mass is 9.77. The average Bonchev–Trinajstić information content (AvgIpc) is 2.91. The van der Waals surface area contributed by atoms with Crippen LogP contribution in [-0.4, -0.2) is 40.5 Å². The zero-order valence-corrected chi connectivity index (χ0v) is 24.4. The number of hydrogen-bond donors (Lipinski definition) is 1. The molecule has 0 aromatic heterocycles. The second kappa shape index (κ2) is 12.0. The zero-order chi connectivity index (χ0) is 28.2. The number of hydrogen-bond acceptors (Lipinski definition) is 6. The van der Waals surface area contributed by atoms with Gasteiger partial charge in [-0.2, -0.15) is 0 Å². The molecular weight excluding hydrogens is 536 g/mol. The van der Waals surface area contributed by atoms with Crippen molar-refractivity contribution in [3.63, 3.8) is 0 Å². The molecule has 0 saturated heterocycles. The van der Waals surface area contributed by atoms with Crippen LogP contribution < -0.4 is 9.46 Å². The molecule has 1 aliphatic rings. The molecule has 4 rings (SSSR count). The quantitative estimate of drug-likeness (QED) is 0.294. The highest BCUT2D eigenvalue weighted by atomic mass is 35.5. The van der Waals surface area contributed by atoms with Gasteiger partial charge in [0.05, 0.1) is 18.4 Å². The Morgan fingerprint density at radius 1 is 1.03 bits per heavy atom. The van der Waals surface area contributed by atoms with Crippen molar-refractivity contribution in [1.29, 1.82) is 0 Å². The molecule has 1 N–H and O–H groups in total. The number of sulfonamides is 1. The molecule has 9 heteroatoms. The van der Waals surface area contributed by atoms with Crippen molar-refractivity contribution in [2.24, 2.45) is 0 Å². The molecule has 0 spiro atoms. The molecule has 3 aromatic rings. The van der Waals surface area contributed by atoms with E-state index in [9.17, 15) is 13.2 Å². The van der Waals surface area contributed by atoms with Crippen LogP contribution in [0.2, 0.25) is 5.02 Å². The van der Waals surface area contributed by atoms with E-state index in [0.717, 1.165) is 30.4 Å². The number of carbonyl (C=O) groups is 1. The largest absolute Gasteiger partial charge is 0.495 e. The summed E-state index contributed by atoms with van der Waals surface area (Å²) in [5.41, 5.74) is 2.22. The van der Waals surface area contributed by atoms with Crippen LogP contribution in [0.25, 0.3) is 0 Å². The third-order valence-corrected chi connectivity index (χ3v) is 8.88. The summed E-state index contributed by atoms with van der Waals surface area (Å²) in [6, 6.07) is 17.3. The number of aryl methyl sites for hydroxylation is 1. The molecule has 0 amide bonds. The van der Waals surface area contributed by atoms with E-state index in [1.165, 1.54) is 13.2 Å². The fourth-order valence-electron chi connectivity index (χ4n) is 5.17. The summed E-state index contributed by atoms with van der Waals surface area (Å²) in [6.07, 6.45) is 4.10. The van der Waals surface area contributed by atoms with E-state index < -0.39 is 21.6 Å². The number of esters is 1. The molecule has 208 valence electrons. The summed E-state index contributed by atoms with van der Waals surface area (Å²) in [5.74, 6) is -0.172. The van der Waals surface area contributed by atoms with Gasteiger partial charge in [0.25, 0.3) is 10.0 Å². The van der Waals surface area contributed by atoms with E-state index in [1.54, 1.807) is 48.5 Å². The van der Waals surface area contributed by atoms with Crippen LogP contribution in [-0.2, 0) is 26.9 Å². The molecule has 0 unspecified atom stereocenters. The lowest BCUT2D eigenvalue weighted by Gasteiger charge is -2.39. The van der Waals surface area contributed by atoms with Gasteiger partial charge in [0.1, 0.15) is 16.2 Å². The number of benzene rings is 3. The Morgan fingerprint density at radius 2 is 1.72 bits per heavy atom. The maximum atomic E-state index is 13.6. The number of anilines is 1. The molecule has 0 atom stereocenters. The molecule has 0 aliphatic heterocycles. The van der Waals surface area contributed by atoms with Crippen LogP contribution in [0.1, 0.15) is 59.2 Å². The van der Waals surface area contributed by atoms with Gasteiger partial charge < -0.3 is 14.4 Å². The summed E-state index contributed by atoms with van der Waals surface area (Å²) in [6.45, 7) is 2.24. The monoisotopic (exact) mass is 570 g/mol. The molecule has 39 heavy (non-hydrogen) atoms. The highest BCUT2D eigenvalue weighted by molar-refractivity contribution is 7.92. The third kappa shape index (κ3) is 6.40. The SMILES string of the molecule is COc1c(S(=O)(=O)Nc2ccc(C)c(Cl)c2)ccc(C2(OC(=O)c3ccccc3)CCCCC2)c1CN(C)C. The summed E-state index contributed by atoms with van der Waals surface area (Å²) in [5, 5.41) is 0.463. The van der Waals surface area contributed by atoms with Crippen molar-refractivity contribution >= 4 is 33.3 Å². The van der Waals surface area contributed by atoms with Gasteiger partial charge in [0.2, 0.25) is 0 Å². The van der Waals surface area contributed by atoms with Crippen molar-refractivity contribution in [3.05, 3.63) is 87.9 Å². The molecule has 1 fully saturated rings. The molecule has 3 aromatic carbocycles. The number of methoxy groups -OCH3 is 1. The Labute approximate surface area is 236 Å². The minimum absolute atomic E-state index is 0.00245. The maximum absolute atomic E-state index is 13.6. The topological polar surface area (TPSA) is 84.9 Å². The van der Waals surface area contributed by atoms with E-state index in [-0.39, 0.29) is 10.6 Å². The normalized spacial score (nSPS) is 15.1. The van der Waals surface area contributed by atoms with Crippen molar-refractivity contribution in [3.8, 4) is 5.75 Å². The summed E-state index contributed by atoms with van der Waals surface area (Å²) < 4.78 is 42.0. The fraction of sp³-hybridized carbons (Fsp3) is 0.367. The first-order valence-electron chi connectivity index (χ1n) is 13.0. The van der Waals surface area contributed by atoms with Crippen LogP contribution in [0.15, 0.2) is 65.6 Å². The highest BCUT2D eigenvalue weighted by Crippen LogP contribution is 2.46. The van der Waals surface area contributed by atoms with E-state index in [0.29, 0.717) is 41.2 Å². The van der Waals surface area contributed by atoms with Gasteiger partial charge in [0, 0.05) is 22.7 Å². The number of rotatable bonds is 9. The second-order valence-electron chi connectivity index (χ2n) is 10.2. The fourth-order valence-corrected chi connectivity index (χ4v) is 6.59. The Bertz CT molecular complexity index is 1440. The maximum Gasteiger partial charge on any atom is 0.339 e. The predicted octanol–water partition coefficient (Wildman–Crippen LogP) is 6.54. The first-order chi connectivity index (χ1) is 18.6. The van der Waals surface area contributed by atoms with Gasteiger partial charge in [-0.1, -0.05) is 48.4 Å². The van der Waals surface area contributed by atoms with Gasteiger partial charge in [-0.25, -0.2) is 13.2 Å². The third-order valence-electron chi connectivity index (χ3n) is 7.07. The van der Waals surface area contributed by atoms with E-state index in [4.69, 9.17) is 21.1 Å². The number of carbonyl (C=O) groups excluding carboxylic acids is 1. The predicted molar refractivity (Wildman–Crippen MR) is 154 cm³/mol. The smallest absolute Gasteiger partial charge is 0.339 e. The van der Waals surface area contributed by atoms with Crippen molar-refractivity contribution in [2.75, 3.05) is 25.9 Å². The van der Waals surface area contributed by atoms with Crippen molar-refractivity contribution in [1.82, 2.24) is 4.90 Å². The minimum atomic E-state index is -4.04. The van der Waals surface area contributed by atoms with Crippen LogP contribution in [0.3, 0.4) is 0 Å². The van der Waals surface area contributed by atoms with Gasteiger partial charge in [-0.05, 0) is 82.6 Å². The summed E-state index contributed by atoms with van der Waals surface area (Å²) in [7, 11) is 1.23. The number of halogens is 1. The lowest BCUT2D eigenvalue weighted by Crippen LogP contribution is -2.36. The van der Waals surface area contributed by atoms with Crippen LogP contribution in [0.4, 0.5) is 5.69 Å². The number of ether oxygens (including phenoxy) is 2. The lowest BCUT2D eigenvalue weighted by molar-refractivity contribution is -0.0425. The standard InChI is InChI=1S/C30H35ClN2O5S/c1-21-13-14-23(19-26(21)31)32-39(35,36)27-16-15-25(24(20-33(2)3)28(27)37-4)30(17-9-6-10-18-30)38-29(34)22-11-7-5-8-12-22/h5,7-8,11-16,19,32H,6,9-10,17-18,20H2,1-4H3. The van der Waals surface area contributed by atoms with E-state index >= 15 is 0 Å². The summed E-state index contributed by atoms with van der Waals surface area (Å²) in [4.78, 5) is 15.2. The molecule has 0 bridgehead atoms. The van der Waals surface area contributed by atoms with Crippen LogP contribution >= 0.6 is 11.6 Å². The molecule has 7 nitrogen and oxygen atoms in total. The van der Waals surface area contributed by atoms with Crippen molar-refractivity contribution in [2.45, 2.75) is 56.1 Å². The summed E-state index contributed by atoms with van der Waals surface area (Å²) >= 11 is 6.23. The van der Waals surface area contributed by atoms with Gasteiger partial charge in [-0.3, -0.25) is 4.72 Å². The van der Waals surface area contributed by atoms with E-state index in [1.807, 2.05) is 32.0 Å². The molecule has 0 radical (unpaired) electrons. The van der Waals surface area contributed by atoms with Crippen molar-refractivity contribution < 1.29 is 22.7 Å². The minimum Gasteiger partial charge on any atom is -0.495 e. The van der Waals surface area contributed by atoms with Gasteiger partial charge in [-0.15, -0.1) is 0 Å². The molecular formula is C30H35ClN2O5S. The van der Waals surface area contributed by atoms with Crippen LogP contribution in [0.5, 0.6) is 5.75 Å². The molecule has 1 aliphatic carbocycles. The first-order valence-corrected chi connectivity index (χ1v) is 14.8. The molecule has 1 saturated carbocycles. The Hall–Kier alpha value is -3.07. The van der Waals surface area contributed by atoms with Gasteiger partial charge in [0.15, 0.2) is 0 Å². The average molecular weight is 571 g/mol. The Morgan fingerprint density at radius 3 is 2.33 bits per heavy atom. The zero-order valence-electron chi connectivity index (χ0n) is 22.8. The van der Waals surface area contributed by atoms with E-state index in [2.05, 4.69) is 4.72 Å². The number of nitrogens with zero attached hydrogens (tertiary/aromatic N) is 1. The number of nitrogens with one attached hydrogen (secondary N) is 1. The van der Waals surface area contributed by atoms with Crippen LogP contribution in [0, 0.1) is 6.92 Å². The molecule has 0 heterocycles. The first kappa shape index (κ1) is 28.9.